The molecule has 4 aromatic rings. The Balaban J connectivity index is 1.81. The lowest BCUT2D eigenvalue weighted by atomic mass is 9.93. The summed E-state index contributed by atoms with van der Waals surface area (Å²) in [6.07, 6.45) is 0.830. The number of hydrogen-bond acceptors (Lipinski definition) is 3. The largest absolute Gasteiger partial charge is 0.454 e. The van der Waals surface area contributed by atoms with Gasteiger partial charge < -0.3 is 9.47 Å². The van der Waals surface area contributed by atoms with E-state index in [9.17, 15) is 4.79 Å². The van der Waals surface area contributed by atoms with E-state index in [1.165, 1.54) is 16.7 Å². The average Bonchev–Trinajstić information content (AvgIpc) is 3.36. The van der Waals surface area contributed by atoms with Crippen LogP contribution in [0.4, 0.5) is 0 Å². The summed E-state index contributed by atoms with van der Waals surface area (Å²) in [5, 5.41) is 1.82. The maximum absolute atomic E-state index is 13.5. The molecule has 1 aliphatic carbocycles. The second-order valence-corrected chi connectivity index (χ2v) is 7.63. The molecule has 140 valence electrons. The van der Waals surface area contributed by atoms with Crippen LogP contribution in [0.3, 0.4) is 0 Å². The van der Waals surface area contributed by atoms with Crippen molar-refractivity contribution in [3.05, 3.63) is 93.6 Å². The molecule has 4 aromatic carbocycles. The molecule has 0 unspecified atom stereocenters. The summed E-state index contributed by atoms with van der Waals surface area (Å²) in [6.45, 7) is 2.17. The molecule has 0 saturated carbocycles. The maximum atomic E-state index is 13.5. The summed E-state index contributed by atoms with van der Waals surface area (Å²) in [5.41, 5.74) is 7.71. The van der Waals surface area contributed by atoms with Crippen molar-refractivity contribution in [1.29, 1.82) is 0 Å². The fraction of sp³-hybridized carbons (Fsp3) is 0.115. The normalized spacial score (nSPS) is 13.4. The van der Waals surface area contributed by atoms with Crippen molar-refractivity contribution in [3.8, 4) is 33.8 Å². The fourth-order valence-electron chi connectivity index (χ4n) is 4.74. The zero-order chi connectivity index (χ0) is 19.5. The summed E-state index contributed by atoms with van der Waals surface area (Å²) >= 11 is 0. The molecular formula is C26H18O3. The van der Waals surface area contributed by atoms with Gasteiger partial charge in [0.1, 0.15) is 0 Å². The third-order valence-electron chi connectivity index (χ3n) is 6.08. The van der Waals surface area contributed by atoms with Gasteiger partial charge >= 0.3 is 0 Å². The molecule has 6 rings (SSSR count). The highest BCUT2D eigenvalue weighted by atomic mass is 16.7. The van der Waals surface area contributed by atoms with Gasteiger partial charge in [0.25, 0.3) is 0 Å². The van der Waals surface area contributed by atoms with E-state index in [1.807, 2.05) is 43.3 Å². The van der Waals surface area contributed by atoms with Crippen LogP contribution in [0.1, 0.15) is 16.7 Å². The Labute approximate surface area is 168 Å². The molecule has 0 bridgehead atoms. The first-order valence-electron chi connectivity index (χ1n) is 9.79. The molecule has 0 aromatic heterocycles. The van der Waals surface area contributed by atoms with Crippen molar-refractivity contribution < 1.29 is 9.47 Å². The molecular weight excluding hydrogens is 360 g/mol. The van der Waals surface area contributed by atoms with Gasteiger partial charge in [-0.3, -0.25) is 4.79 Å². The second kappa shape index (κ2) is 5.95. The van der Waals surface area contributed by atoms with Gasteiger partial charge in [-0.05, 0) is 64.2 Å². The molecule has 0 spiro atoms. The minimum Gasteiger partial charge on any atom is -0.454 e. The Morgan fingerprint density at radius 1 is 0.793 bits per heavy atom. The van der Waals surface area contributed by atoms with Crippen LogP contribution in [0.2, 0.25) is 0 Å². The van der Waals surface area contributed by atoms with E-state index < -0.39 is 0 Å². The molecule has 0 radical (unpaired) electrons. The van der Waals surface area contributed by atoms with E-state index in [0.29, 0.717) is 0 Å². The third-order valence-corrected chi connectivity index (χ3v) is 6.08. The van der Waals surface area contributed by atoms with Crippen molar-refractivity contribution in [3.63, 3.8) is 0 Å². The Bertz CT molecular complexity index is 1390. The molecule has 0 fully saturated rings. The Kier molecular flexibility index (Phi) is 3.36. The summed E-state index contributed by atoms with van der Waals surface area (Å²) in [5.74, 6) is 1.47. The van der Waals surface area contributed by atoms with Crippen LogP contribution in [0.5, 0.6) is 11.5 Å². The van der Waals surface area contributed by atoms with Gasteiger partial charge in [-0.1, -0.05) is 54.6 Å². The van der Waals surface area contributed by atoms with Gasteiger partial charge in [-0.2, -0.15) is 0 Å². The molecule has 0 N–H and O–H groups in total. The lowest BCUT2D eigenvalue weighted by Gasteiger charge is -2.11. The Hall–Kier alpha value is -3.59. The molecule has 2 aliphatic rings. The SMILES string of the molecule is Cc1c(-c2ccc3c(c2)OCO3)c2c(c3ccccc3c1=O)Cc1ccccc1-2. The minimum absolute atomic E-state index is 0.0835. The first-order chi connectivity index (χ1) is 14.2. The predicted octanol–water partition coefficient (Wildman–Crippen LogP) is 5.48. The van der Waals surface area contributed by atoms with Crippen molar-refractivity contribution in [2.45, 2.75) is 13.3 Å². The fourth-order valence-corrected chi connectivity index (χ4v) is 4.74. The van der Waals surface area contributed by atoms with E-state index in [0.717, 1.165) is 50.9 Å². The van der Waals surface area contributed by atoms with Crippen LogP contribution in [-0.4, -0.2) is 6.79 Å². The second-order valence-electron chi connectivity index (χ2n) is 7.63. The maximum Gasteiger partial charge on any atom is 0.231 e. The molecule has 3 heteroatoms. The van der Waals surface area contributed by atoms with E-state index in [-0.39, 0.29) is 12.2 Å². The topological polar surface area (TPSA) is 35.5 Å². The number of fused-ring (bicyclic) bond motifs is 6. The van der Waals surface area contributed by atoms with E-state index in [4.69, 9.17) is 9.47 Å². The lowest BCUT2D eigenvalue weighted by Crippen LogP contribution is -2.03. The van der Waals surface area contributed by atoms with Gasteiger partial charge in [-0.15, -0.1) is 0 Å². The van der Waals surface area contributed by atoms with Crippen molar-refractivity contribution in [2.75, 3.05) is 6.79 Å². The number of ether oxygens (including phenoxy) is 2. The van der Waals surface area contributed by atoms with Crippen LogP contribution in [0.15, 0.2) is 71.5 Å². The van der Waals surface area contributed by atoms with Crippen LogP contribution < -0.4 is 14.9 Å². The van der Waals surface area contributed by atoms with E-state index in [2.05, 4.69) is 30.3 Å². The zero-order valence-corrected chi connectivity index (χ0v) is 16.0. The van der Waals surface area contributed by atoms with Gasteiger partial charge in [0.05, 0.1) is 0 Å². The molecule has 0 saturated heterocycles. The standard InChI is InChI=1S/C26H18O3/c1-15-24(17-10-11-22-23(13-17)29-14-28-22)25-18-7-3-2-6-16(18)12-21(25)19-8-4-5-9-20(19)26(15)27/h2-11,13H,12,14H2,1H3. The summed E-state index contributed by atoms with van der Waals surface area (Å²) in [7, 11) is 0. The molecule has 0 amide bonds. The van der Waals surface area contributed by atoms with Crippen molar-refractivity contribution in [1.82, 2.24) is 0 Å². The van der Waals surface area contributed by atoms with Crippen LogP contribution >= 0.6 is 0 Å². The number of benzene rings is 3. The molecule has 1 aliphatic heterocycles. The minimum atomic E-state index is 0.0835. The zero-order valence-electron chi connectivity index (χ0n) is 16.0. The summed E-state index contributed by atoms with van der Waals surface area (Å²) < 4.78 is 11.1. The smallest absolute Gasteiger partial charge is 0.231 e. The van der Waals surface area contributed by atoms with Crippen molar-refractivity contribution >= 4 is 10.8 Å². The quantitative estimate of drug-likeness (QED) is 0.388. The predicted molar refractivity (Wildman–Crippen MR) is 115 cm³/mol. The van der Waals surface area contributed by atoms with Crippen molar-refractivity contribution in [2.24, 2.45) is 0 Å². The third kappa shape index (κ3) is 2.27. The highest BCUT2D eigenvalue weighted by Gasteiger charge is 2.26. The number of rotatable bonds is 1. The highest BCUT2D eigenvalue weighted by molar-refractivity contribution is 6.01. The molecule has 1 heterocycles. The Morgan fingerprint density at radius 3 is 2.45 bits per heavy atom. The summed E-state index contributed by atoms with van der Waals surface area (Å²) in [6, 6.07) is 22.4. The Morgan fingerprint density at radius 2 is 1.55 bits per heavy atom. The van der Waals surface area contributed by atoms with E-state index in [1.54, 1.807) is 0 Å². The first-order valence-corrected chi connectivity index (χ1v) is 9.79. The van der Waals surface area contributed by atoms with Gasteiger partial charge in [0.2, 0.25) is 6.79 Å². The van der Waals surface area contributed by atoms with Gasteiger partial charge in [0.15, 0.2) is 16.9 Å². The molecule has 29 heavy (non-hydrogen) atoms. The van der Waals surface area contributed by atoms with E-state index >= 15 is 0 Å². The molecule has 3 nitrogen and oxygen atoms in total. The lowest BCUT2D eigenvalue weighted by molar-refractivity contribution is 0.174. The first kappa shape index (κ1) is 16.4. The highest BCUT2D eigenvalue weighted by Crippen LogP contribution is 2.47. The monoisotopic (exact) mass is 378 g/mol. The van der Waals surface area contributed by atoms with Crippen LogP contribution in [-0.2, 0) is 6.42 Å². The number of hydrogen-bond donors (Lipinski definition) is 0. The van der Waals surface area contributed by atoms with Crippen LogP contribution in [0.25, 0.3) is 33.0 Å². The van der Waals surface area contributed by atoms with Crippen LogP contribution in [0, 0.1) is 6.92 Å². The summed E-state index contributed by atoms with van der Waals surface area (Å²) in [4.78, 5) is 13.5. The molecule has 0 atom stereocenters. The van der Waals surface area contributed by atoms with Gasteiger partial charge in [0, 0.05) is 10.9 Å². The van der Waals surface area contributed by atoms with Gasteiger partial charge in [-0.25, -0.2) is 0 Å². The average molecular weight is 378 g/mol.